The molecule has 1 N–H and O–H groups in total. The van der Waals surface area contributed by atoms with Crippen LogP contribution in [0.5, 0.6) is 5.75 Å². The molecule has 3 aromatic carbocycles. The fraction of sp³-hybridized carbons (Fsp3) is 0.160. The maximum Gasteiger partial charge on any atom is 0.290 e. The Morgan fingerprint density at radius 1 is 1.00 bits per heavy atom. The number of rotatable bonds is 5. The van der Waals surface area contributed by atoms with E-state index in [1.807, 2.05) is 67.6 Å². The molecule has 0 radical (unpaired) electrons. The lowest BCUT2D eigenvalue weighted by molar-refractivity contribution is -0.130. The normalized spacial score (nSPS) is 16.3. The molecule has 0 aliphatic carbocycles. The number of hydrogen-bond donors (Lipinski definition) is 1. The van der Waals surface area contributed by atoms with E-state index in [0.29, 0.717) is 22.9 Å². The Morgan fingerprint density at radius 2 is 1.67 bits per heavy atom. The minimum absolute atomic E-state index is 0.228. The van der Waals surface area contributed by atoms with Gasteiger partial charge in [0.25, 0.3) is 5.91 Å². The number of nitrogens with zero attached hydrogens (tertiary/aromatic N) is 1. The Kier molecular flexibility index (Phi) is 5.51. The van der Waals surface area contributed by atoms with Gasteiger partial charge in [0.15, 0.2) is 5.76 Å². The molecule has 4 nitrogen and oxygen atoms in total. The first-order valence-corrected chi connectivity index (χ1v) is 10.1. The topological polar surface area (TPSA) is 49.8 Å². The van der Waals surface area contributed by atoms with Crippen LogP contribution in [-0.4, -0.2) is 23.0 Å². The monoisotopic (exact) mass is 419 g/mol. The summed E-state index contributed by atoms with van der Waals surface area (Å²) in [4.78, 5) is 14.8. The Balaban J connectivity index is 1.82. The predicted octanol–water partition coefficient (Wildman–Crippen LogP) is 5.71. The molecule has 0 fully saturated rings. The third-order valence-corrected chi connectivity index (χ3v) is 5.64. The van der Waals surface area contributed by atoms with Crippen molar-refractivity contribution >= 4 is 23.1 Å². The third-order valence-electron chi connectivity index (χ3n) is 5.39. The Morgan fingerprint density at radius 3 is 2.33 bits per heavy atom. The van der Waals surface area contributed by atoms with Crippen molar-refractivity contribution in [3.63, 3.8) is 0 Å². The summed E-state index contributed by atoms with van der Waals surface area (Å²) in [6.07, 6.45) is 0. The molecule has 4 rings (SSSR count). The van der Waals surface area contributed by atoms with Gasteiger partial charge >= 0.3 is 0 Å². The van der Waals surface area contributed by atoms with Gasteiger partial charge in [0.2, 0.25) is 0 Å². The van der Waals surface area contributed by atoms with Gasteiger partial charge in [0.1, 0.15) is 5.75 Å². The molecule has 1 aliphatic rings. The molecule has 1 heterocycles. The lowest BCUT2D eigenvalue weighted by Gasteiger charge is -2.28. The SMILES string of the molecule is COc1ccccc1CN1C(=O)C(O)=C(c2ccc(C)cc2)C1c1ccc(Cl)cc1. The Bertz CT molecular complexity index is 1100. The summed E-state index contributed by atoms with van der Waals surface area (Å²) in [7, 11) is 1.61. The minimum atomic E-state index is -0.442. The van der Waals surface area contributed by atoms with E-state index < -0.39 is 11.9 Å². The maximum absolute atomic E-state index is 13.2. The number of aryl methyl sites for hydroxylation is 1. The van der Waals surface area contributed by atoms with E-state index in [4.69, 9.17) is 16.3 Å². The molecule has 5 heteroatoms. The van der Waals surface area contributed by atoms with Crippen molar-refractivity contribution in [1.29, 1.82) is 0 Å². The van der Waals surface area contributed by atoms with Crippen molar-refractivity contribution in [2.45, 2.75) is 19.5 Å². The number of benzene rings is 3. The number of methoxy groups -OCH3 is 1. The molecule has 1 unspecified atom stereocenters. The first-order valence-electron chi connectivity index (χ1n) is 9.68. The van der Waals surface area contributed by atoms with Crippen LogP contribution >= 0.6 is 11.6 Å². The summed E-state index contributed by atoms with van der Waals surface area (Å²) < 4.78 is 5.47. The molecule has 0 saturated carbocycles. The van der Waals surface area contributed by atoms with Crippen molar-refractivity contribution in [3.8, 4) is 5.75 Å². The summed E-state index contributed by atoms with van der Waals surface area (Å²) in [5.41, 5.74) is 4.26. The van der Waals surface area contributed by atoms with E-state index in [1.54, 1.807) is 24.1 Å². The number of hydrogen-bond acceptors (Lipinski definition) is 3. The zero-order chi connectivity index (χ0) is 21.3. The smallest absolute Gasteiger partial charge is 0.290 e. The number of para-hydroxylation sites is 1. The highest BCUT2D eigenvalue weighted by Crippen LogP contribution is 2.44. The average molecular weight is 420 g/mol. The van der Waals surface area contributed by atoms with Gasteiger partial charge in [-0.2, -0.15) is 0 Å². The van der Waals surface area contributed by atoms with Gasteiger partial charge in [-0.3, -0.25) is 4.79 Å². The quantitative estimate of drug-likeness (QED) is 0.576. The van der Waals surface area contributed by atoms with Crippen LogP contribution in [0, 0.1) is 6.92 Å². The van der Waals surface area contributed by atoms with Crippen molar-refractivity contribution in [1.82, 2.24) is 4.90 Å². The van der Waals surface area contributed by atoms with E-state index in [-0.39, 0.29) is 5.76 Å². The van der Waals surface area contributed by atoms with Crippen LogP contribution in [0.25, 0.3) is 5.57 Å². The van der Waals surface area contributed by atoms with Gasteiger partial charge in [0.05, 0.1) is 19.7 Å². The van der Waals surface area contributed by atoms with Gasteiger partial charge in [-0.1, -0.05) is 71.8 Å². The van der Waals surface area contributed by atoms with Crippen LogP contribution in [0.2, 0.25) is 5.02 Å². The molecule has 3 aromatic rings. The fourth-order valence-electron chi connectivity index (χ4n) is 3.85. The van der Waals surface area contributed by atoms with E-state index in [0.717, 1.165) is 22.3 Å². The number of aliphatic hydroxyl groups is 1. The number of amides is 1. The molecule has 0 bridgehead atoms. The standard InChI is InChI=1S/C25H22ClNO3/c1-16-7-9-17(10-8-16)22-23(18-11-13-20(26)14-12-18)27(25(29)24(22)28)15-19-5-3-4-6-21(19)30-2/h3-14,23,28H,15H2,1-2H3. The van der Waals surface area contributed by atoms with Gasteiger partial charge < -0.3 is 14.7 Å². The van der Waals surface area contributed by atoms with Crippen LogP contribution in [0.15, 0.2) is 78.6 Å². The third kappa shape index (κ3) is 3.66. The van der Waals surface area contributed by atoms with Gasteiger partial charge in [-0.05, 0) is 36.2 Å². The van der Waals surface area contributed by atoms with Crippen molar-refractivity contribution in [2.75, 3.05) is 7.11 Å². The van der Waals surface area contributed by atoms with E-state index >= 15 is 0 Å². The van der Waals surface area contributed by atoms with E-state index in [9.17, 15) is 9.90 Å². The minimum Gasteiger partial charge on any atom is -0.503 e. The summed E-state index contributed by atoms with van der Waals surface area (Å²) >= 11 is 6.09. The first kappa shape index (κ1) is 20.0. The Labute approximate surface area is 181 Å². The molecule has 1 atom stereocenters. The van der Waals surface area contributed by atoms with Gasteiger partial charge in [-0.15, -0.1) is 0 Å². The lowest BCUT2D eigenvalue weighted by atomic mass is 9.93. The number of halogens is 1. The van der Waals surface area contributed by atoms with Crippen LogP contribution < -0.4 is 4.74 Å². The van der Waals surface area contributed by atoms with Crippen molar-refractivity contribution in [3.05, 3.63) is 106 Å². The summed E-state index contributed by atoms with van der Waals surface area (Å²) in [5, 5.41) is 11.5. The summed E-state index contributed by atoms with van der Waals surface area (Å²) in [5.74, 6) is 0.0635. The lowest BCUT2D eigenvalue weighted by Crippen LogP contribution is -2.30. The second kappa shape index (κ2) is 8.25. The largest absolute Gasteiger partial charge is 0.503 e. The molecule has 0 spiro atoms. The summed E-state index contributed by atoms with van der Waals surface area (Å²) in [6, 6.07) is 22.3. The number of carbonyl (C=O) groups excluding carboxylic acids is 1. The number of carbonyl (C=O) groups is 1. The maximum atomic E-state index is 13.2. The number of ether oxygens (including phenoxy) is 1. The zero-order valence-corrected chi connectivity index (χ0v) is 17.6. The van der Waals surface area contributed by atoms with Crippen molar-refractivity contribution in [2.24, 2.45) is 0 Å². The van der Waals surface area contributed by atoms with Crippen molar-refractivity contribution < 1.29 is 14.6 Å². The molecule has 0 aromatic heterocycles. The van der Waals surface area contributed by atoms with Crippen LogP contribution in [0.3, 0.4) is 0 Å². The molecular formula is C25H22ClNO3. The highest BCUT2D eigenvalue weighted by atomic mass is 35.5. The highest BCUT2D eigenvalue weighted by Gasteiger charge is 2.41. The summed E-state index contributed by atoms with van der Waals surface area (Å²) in [6.45, 7) is 2.30. The first-order chi connectivity index (χ1) is 14.5. The van der Waals surface area contributed by atoms with Crippen LogP contribution in [-0.2, 0) is 11.3 Å². The molecule has 0 saturated heterocycles. The second-order valence-corrected chi connectivity index (χ2v) is 7.76. The molecule has 152 valence electrons. The Hall–Kier alpha value is -3.24. The van der Waals surface area contributed by atoms with Crippen LogP contribution in [0.4, 0.5) is 0 Å². The second-order valence-electron chi connectivity index (χ2n) is 7.33. The molecule has 1 aliphatic heterocycles. The molecule has 30 heavy (non-hydrogen) atoms. The average Bonchev–Trinajstić information content (AvgIpc) is 3.00. The highest BCUT2D eigenvalue weighted by molar-refractivity contribution is 6.30. The van der Waals surface area contributed by atoms with Crippen LogP contribution in [0.1, 0.15) is 28.3 Å². The predicted molar refractivity (Wildman–Crippen MR) is 118 cm³/mol. The number of aliphatic hydroxyl groups excluding tert-OH is 1. The van der Waals surface area contributed by atoms with Gasteiger partial charge in [0, 0.05) is 16.2 Å². The van der Waals surface area contributed by atoms with E-state index in [2.05, 4.69) is 0 Å². The molecular weight excluding hydrogens is 398 g/mol. The van der Waals surface area contributed by atoms with Gasteiger partial charge in [-0.25, -0.2) is 0 Å². The van der Waals surface area contributed by atoms with E-state index in [1.165, 1.54) is 0 Å². The zero-order valence-electron chi connectivity index (χ0n) is 16.8. The fourth-order valence-corrected chi connectivity index (χ4v) is 3.98. The molecule has 1 amide bonds.